The highest BCUT2D eigenvalue weighted by atomic mass is 32.2. The molecule has 16 heavy (non-hydrogen) atoms. The lowest BCUT2D eigenvalue weighted by molar-refractivity contribution is -0.138. The van der Waals surface area contributed by atoms with E-state index in [2.05, 4.69) is 0 Å². The van der Waals surface area contributed by atoms with Gasteiger partial charge in [0.15, 0.2) is 0 Å². The fourth-order valence-corrected chi connectivity index (χ4v) is 2.10. The molecule has 0 saturated carbocycles. The first-order chi connectivity index (χ1) is 7.59. The number of thioether (sulfide) groups is 1. The van der Waals surface area contributed by atoms with Crippen LogP contribution in [0, 0.1) is 5.82 Å². The number of carbonyl (C=O) groups is 1. The number of nitrogens with two attached hydrogens (primary N) is 1. The van der Waals surface area contributed by atoms with Gasteiger partial charge in [-0.05, 0) is 29.9 Å². The summed E-state index contributed by atoms with van der Waals surface area (Å²) in [4.78, 5) is 10.4. The lowest BCUT2D eigenvalue weighted by atomic mass is 10.2. The number of hydrogen-bond acceptors (Lipinski definition) is 3. The minimum atomic E-state index is -0.970. The highest BCUT2D eigenvalue weighted by Crippen LogP contribution is 2.14. The number of carboxylic acid groups (broad SMARTS) is 1. The van der Waals surface area contributed by atoms with Gasteiger partial charge in [-0.25, -0.2) is 4.39 Å². The van der Waals surface area contributed by atoms with Crippen molar-refractivity contribution in [1.29, 1.82) is 0 Å². The van der Waals surface area contributed by atoms with Crippen molar-refractivity contribution in [2.75, 3.05) is 5.75 Å². The van der Waals surface area contributed by atoms with Gasteiger partial charge in [-0.15, -0.1) is 0 Å². The van der Waals surface area contributed by atoms with E-state index >= 15 is 0 Å². The van der Waals surface area contributed by atoms with Crippen molar-refractivity contribution >= 4 is 17.7 Å². The first-order valence-electron chi connectivity index (χ1n) is 4.90. The number of aliphatic carboxylic acids is 1. The number of hydrogen-bond donors (Lipinski definition) is 2. The summed E-state index contributed by atoms with van der Waals surface area (Å²) in [5, 5.41) is 8.55. The Hall–Kier alpha value is -1.07. The van der Waals surface area contributed by atoms with E-state index in [9.17, 15) is 9.18 Å². The molecule has 1 rings (SSSR count). The van der Waals surface area contributed by atoms with Gasteiger partial charge in [-0.1, -0.05) is 12.1 Å². The molecule has 0 aliphatic rings. The van der Waals surface area contributed by atoms with Crippen molar-refractivity contribution in [3.05, 3.63) is 35.6 Å². The van der Waals surface area contributed by atoms with Crippen LogP contribution in [-0.2, 0) is 10.5 Å². The first kappa shape index (κ1) is 13.0. The molecule has 0 spiro atoms. The maximum absolute atomic E-state index is 12.6. The molecule has 88 valence electrons. The summed E-state index contributed by atoms with van der Waals surface area (Å²) in [6, 6.07) is 5.48. The molecule has 1 aromatic rings. The monoisotopic (exact) mass is 243 g/mol. The Morgan fingerprint density at radius 2 is 2.06 bits per heavy atom. The Morgan fingerprint density at radius 1 is 1.44 bits per heavy atom. The SMILES string of the molecule is N[C@@H](CCSCc1ccc(F)cc1)C(=O)O. The normalized spacial score (nSPS) is 12.4. The maximum atomic E-state index is 12.6. The molecule has 0 bridgehead atoms. The van der Waals surface area contributed by atoms with E-state index in [1.807, 2.05) is 0 Å². The Balaban J connectivity index is 2.21. The predicted octanol–water partition coefficient (Wildman–Crippen LogP) is 1.86. The second kappa shape index (κ2) is 6.50. The third kappa shape index (κ3) is 4.63. The molecular weight excluding hydrogens is 229 g/mol. The fourth-order valence-electron chi connectivity index (χ4n) is 1.10. The zero-order chi connectivity index (χ0) is 12.0. The Labute approximate surface area is 97.8 Å². The number of halogens is 1. The standard InChI is InChI=1S/C11H14FNO2S/c12-9-3-1-8(2-4-9)7-16-6-5-10(13)11(14)15/h1-4,10H,5-7,13H2,(H,14,15)/t10-/m0/s1. The quantitative estimate of drug-likeness (QED) is 0.749. The zero-order valence-electron chi connectivity index (χ0n) is 8.73. The highest BCUT2D eigenvalue weighted by molar-refractivity contribution is 7.98. The molecule has 0 heterocycles. The minimum absolute atomic E-state index is 0.248. The molecule has 1 aromatic carbocycles. The Morgan fingerprint density at radius 3 is 2.62 bits per heavy atom. The lowest BCUT2D eigenvalue weighted by Gasteiger charge is -2.05. The van der Waals surface area contributed by atoms with Gasteiger partial charge in [0.05, 0.1) is 0 Å². The molecule has 0 aromatic heterocycles. The average molecular weight is 243 g/mol. The average Bonchev–Trinajstić information content (AvgIpc) is 2.26. The summed E-state index contributed by atoms with van der Waals surface area (Å²) >= 11 is 1.59. The summed E-state index contributed by atoms with van der Waals surface area (Å²) in [7, 11) is 0. The first-order valence-corrected chi connectivity index (χ1v) is 6.05. The zero-order valence-corrected chi connectivity index (χ0v) is 9.54. The smallest absolute Gasteiger partial charge is 0.320 e. The molecule has 3 nitrogen and oxygen atoms in total. The second-order valence-electron chi connectivity index (χ2n) is 3.41. The van der Waals surface area contributed by atoms with Crippen LogP contribution in [0.25, 0.3) is 0 Å². The molecular formula is C11H14FNO2S. The van der Waals surface area contributed by atoms with Gasteiger partial charge < -0.3 is 10.8 Å². The maximum Gasteiger partial charge on any atom is 0.320 e. The van der Waals surface area contributed by atoms with E-state index in [1.165, 1.54) is 12.1 Å². The molecule has 0 saturated heterocycles. The third-order valence-electron chi connectivity index (χ3n) is 2.07. The molecule has 0 fully saturated rings. The van der Waals surface area contributed by atoms with Gasteiger partial charge in [0.1, 0.15) is 11.9 Å². The molecule has 0 aliphatic carbocycles. The second-order valence-corrected chi connectivity index (χ2v) is 4.52. The Bertz CT molecular complexity index is 342. The van der Waals surface area contributed by atoms with Crippen molar-refractivity contribution in [2.45, 2.75) is 18.2 Å². The van der Waals surface area contributed by atoms with Gasteiger partial charge in [0.2, 0.25) is 0 Å². The minimum Gasteiger partial charge on any atom is -0.480 e. The summed E-state index contributed by atoms with van der Waals surface area (Å²) in [6.07, 6.45) is 0.446. The van der Waals surface area contributed by atoms with E-state index in [4.69, 9.17) is 10.8 Å². The van der Waals surface area contributed by atoms with Crippen LogP contribution in [0.5, 0.6) is 0 Å². The van der Waals surface area contributed by atoms with Gasteiger partial charge >= 0.3 is 5.97 Å². The third-order valence-corrected chi connectivity index (χ3v) is 3.13. The van der Waals surface area contributed by atoms with Crippen LogP contribution < -0.4 is 5.73 Å². The van der Waals surface area contributed by atoms with Crippen molar-refractivity contribution in [3.8, 4) is 0 Å². The number of carboxylic acids is 1. The van der Waals surface area contributed by atoms with Crippen LogP contribution in [0.15, 0.2) is 24.3 Å². The van der Waals surface area contributed by atoms with Crippen molar-refractivity contribution in [2.24, 2.45) is 5.73 Å². The topological polar surface area (TPSA) is 63.3 Å². The van der Waals surface area contributed by atoms with Crippen LogP contribution in [0.4, 0.5) is 4.39 Å². The van der Waals surface area contributed by atoms with Gasteiger partial charge in [-0.3, -0.25) is 4.79 Å². The molecule has 3 N–H and O–H groups in total. The van der Waals surface area contributed by atoms with Gasteiger partial charge in [0.25, 0.3) is 0 Å². The van der Waals surface area contributed by atoms with Crippen LogP contribution >= 0.6 is 11.8 Å². The Kier molecular flexibility index (Phi) is 5.28. The van der Waals surface area contributed by atoms with Crippen molar-refractivity contribution < 1.29 is 14.3 Å². The number of rotatable bonds is 6. The lowest BCUT2D eigenvalue weighted by Crippen LogP contribution is -2.30. The summed E-state index contributed by atoms with van der Waals surface area (Å²) < 4.78 is 12.6. The van der Waals surface area contributed by atoms with E-state index in [1.54, 1.807) is 23.9 Å². The largest absolute Gasteiger partial charge is 0.480 e. The van der Waals surface area contributed by atoms with Crippen molar-refractivity contribution in [1.82, 2.24) is 0 Å². The molecule has 0 amide bonds. The van der Waals surface area contributed by atoms with Crippen LogP contribution in [-0.4, -0.2) is 22.9 Å². The summed E-state index contributed by atoms with van der Waals surface area (Å²) in [5.74, 6) is 0.210. The molecule has 0 radical (unpaired) electrons. The van der Waals surface area contributed by atoms with E-state index in [-0.39, 0.29) is 5.82 Å². The van der Waals surface area contributed by atoms with Crippen LogP contribution in [0.2, 0.25) is 0 Å². The predicted molar refractivity (Wildman–Crippen MR) is 62.8 cm³/mol. The molecule has 5 heteroatoms. The highest BCUT2D eigenvalue weighted by Gasteiger charge is 2.10. The molecule has 0 unspecified atom stereocenters. The van der Waals surface area contributed by atoms with E-state index in [0.29, 0.717) is 12.2 Å². The van der Waals surface area contributed by atoms with Gasteiger partial charge in [-0.2, -0.15) is 11.8 Å². The number of benzene rings is 1. The van der Waals surface area contributed by atoms with Crippen molar-refractivity contribution in [3.63, 3.8) is 0 Å². The van der Waals surface area contributed by atoms with E-state index in [0.717, 1.165) is 11.3 Å². The summed E-state index contributed by atoms with van der Waals surface area (Å²) in [6.45, 7) is 0. The van der Waals surface area contributed by atoms with Crippen LogP contribution in [0.3, 0.4) is 0 Å². The molecule has 1 atom stereocenters. The van der Waals surface area contributed by atoms with Crippen LogP contribution in [0.1, 0.15) is 12.0 Å². The van der Waals surface area contributed by atoms with E-state index < -0.39 is 12.0 Å². The van der Waals surface area contributed by atoms with Gasteiger partial charge in [0, 0.05) is 5.75 Å². The molecule has 0 aliphatic heterocycles. The fraction of sp³-hybridized carbons (Fsp3) is 0.364. The summed E-state index contributed by atoms with van der Waals surface area (Å²) in [5.41, 5.74) is 6.38.